The Bertz CT molecular complexity index is 233. The third kappa shape index (κ3) is 3.14. The summed E-state index contributed by atoms with van der Waals surface area (Å²) in [6.45, 7) is 5.99. The van der Waals surface area contributed by atoms with Crippen molar-refractivity contribution in [1.82, 2.24) is 0 Å². The van der Waals surface area contributed by atoms with Crippen LogP contribution in [-0.4, -0.2) is 7.05 Å². The number of nitrogens with one attached hydrogen (secondary N) is 1. The van der Waals surface area contributed by atoms with Gasteiger partial charge in [0.05, 0.1) is 0 Å². The molecule has 0 radical (unpaired) electrons. The van der Waals surface area contributed by atoms with Crippen LogP contribution >= 0.6 is 11.6 Å². The smallest absolute Gasteiger partial charge is 0.0436 e. The van der Waals surface area contributed by atoms with Crippen LogP contribution < -0.4 is 5.32 Å². The van der Waals surface area contributed by atoms with Crippen LogP contribution in [0.5, 0.6) is 0 Å². The van der Waals surface area contributed by atoms with E-state index in [0.29, 0.717) is 0 Å². The molecular weight excluding hydrogens is 170 g/mol. The first-order valence-corrected chi connectivity index (χ1v) is 4.55. The fourth-order valence-electron chi connectivity index (χ4n) is 0.800. The molecule has 0 aliphatic rings. The van der Waals surface area contributed by atoms with Crippen molar-refractivity contribution in [2.45, 2.75) is 20.8 Å². The van der Waals surface area contributed by atoms with Crippen molar-refractivity contribution in [2.75, 3.05) is 12.4 Å². The Balaban J connectivity index is 0.000000561. The van der Waals surface area contributed by atoms with Gasteiger partial charge < -0.3 is 5.32 Å². The van der Waals surface area contributed by atoms with Crippen molar-refractivity contribution in [3.8, 4) is 0 Å². The lowest BCUT2D eigenvalue weighted by Gasteiger charge is -2.01. The lowest BCUT2D eigenvalue weighted by atomic mass is 10.2. The third-order valence-corrected chi connectivity index (χ3v) is 1.87. The Morgan fingerprint density at radius 3 is 2.25 bits per heavy atom. The van der Waals surface area contributed by atoms with Crippen LogP contribution in [0.25, 0.3) is 0 Å². The molecule has 0 atom stereocenters. The van der Waals surface area contributed by atoms with E-state index in [9.17, 15) is 0 Å². The minimum Gasteiger partial charge on any atom is -0.388 e. The SMILES string of the molecule is CC.CNc1ccc(Cl)c(C)c1. The normalized spacial score (nSPS) is 8.42. The summed E-state index contributed by atoms with van der Waals surface area (Å²) < 4.78 is 0. The summed E-state index contributed by atoms with van der Waals surface area (Å²) in [5.41, 5.74) is 2.20. The minimum absolute atomic E-state index is 0.819. The zero-order valence-corrected chi connectivity index (χ0v) is 8.87. The van der Waals surface area contributed by atoms with Crippen LogP contribution in [0.15, 0.2) is 18.2 Å². The predicted octanol–water partition coefficient (Wildman–Crippen LogP) is 3.72. The van der Waals surface area contributed by atoms with E-state index >= 15 is 0 Å². The predicted molar refractivity (Wildman–Crippen MR) is 57.1 cm³/mol. The molecule has 0 aliphatic heterocycles. The Morgan fingerprint density at radius 2 is 1.83 bits per heavy atom. The topological polar surface area (TPSA) is 12.0 Å². The molecule has 1 nitrogen and oxygen atoms in total. The Labute approximate surface area is 79.8 Å². The monoisotopic (exact) mass is 185 g/mol. The molecule has 1 rings (SSSR count). The van der Waals surface area contributed by atoms with E-state index in [4.69, 9.17) is 11.6 Å². The summed E-state index contributed by atoms with van der Waals surface area (Å²) in [5.74, 6) is 0. The minimum atomic E-state index is 0.819. The van der Waals surface area contributed by atoms with E-state index < -0.39 is 0 Å². The molecule has 0 unspecified atom stereocenters. The maximum atomic E-state index is 5.81. The zero-order valence-electron chi connectivity index (χ0n) is 8.11. The number of rotatable bonds is 1. The maximum absolute atomic E-state index is 5.81. The summed E-state index contributed by atoms with van der Waals surface area (Å²) in [6, 6.07) is 5.86. The molecule has 68 valence electrons. The molecule has 2 heteroatoms. The molecule has 1 aromatic rings. The highest BCUT2D eigenvalue weighted by Gasteiger charge is 1.93. The molecule has 12 heavy (non-hydrogen) atoms. The molecule has 0 heterocycles. The number of aryl methyl sites for hydroxylation is 1. The van der Waals surface area contributed by atoms with Gasteiger partial charge in [0, 0.05) is 17.8 Å². The van der Waals surface area contributed by atoms with E-state index in [1.807, 2.05) is 46.0 Å². The van der Waals surface area contributed by atoms with Crippen molar-refractivity contribution in [3.05, 3.63) is 28.8 Å². The Kier molecular flexibility index (Phi) is 5.56. The van der Waals surface area contributed by atoms with E-state index in [0.717, 1.165) is 16.3 Å². The Morgan fingerprint density at radius 1 is 1.25 bits per heavy atom. The largest absolute Gasteiger partial charge is 0.388 e. The highest BCUT2D eigenvalue weighted by molar-refractivity contribution is 6.31. The molecule has 0 saturated heterocycles. The van der Waals surface area contributed by atoms with E-state index in [2.05, 4.69) is 5.32 Å². The zero-order chi connectivity index (χ0) is 9.56. The molecule has 1 N–H and O–H groups in total. The van der Waals surface area contributed by atoms with Crippen LogP contribution in [0.2, 0.25) is 5.02 Å². The van der Waals surface area contributed by atoms with Crippen LogP contribution in [0.1, 0.15) is 19.4 Å². The first-order chi connectivity index (χ1) is 5.74. The summed E-state index contributed by atoms with van der Waals surface area (Å²) in [7, 11) is 1.89. The van der Waals surface area contributed by atoms with Crippen LogP contribution in [0, 0.1) is 6.92 Å². The van der Waals surface area contributed by atoms with Gasteiger partial charge in [-0.2, -0.15) is 0 Å². The fraction of sp³-hybridized carbons (Fsp3) is 0.400. The highest BCUT2D eigenvalue weighted by atomic mass is 35.5. The van der Waals surface area contributed by atoms with Gasteiger partial charge in [0.25, 0.3) is 0 Å². The molecule has 0 aromatic heterocycles. The first kappa shape index (κ1) is 11.3. The number of anilines is 1. The molecule has 0 bridgehead atoms. The lowest BCUT2D eigenvalue weighted by Crippen LogP contribution is -1.87. The summed E-state index contributed by atoms with van der Waals surface area (Å²) in [4.78, 5) is 0. The molecule has 0 saturated carbocycles. The van der Waals surface area contributed by atoms with Crippen LogP contribution in [0.3, 0.4) is 0 Å². The van der Waals surface area contributed by atoms with Gasteiger partial charge in [-0.1, -0.05) is 25.4 Å². The summed E-state index contributed by atoms with van der Waals surface area (Å²) >= 11 is 5.81. The Hall–Kier alpha value is -0.690. The summed E-state index contributed by atoms with van der Waals surface area (Å²) in [5, 5.41) is 3.85. The fourth-order valence-corrected chi connectivity index (χ4v) is 0.918. The average molecular weight is 186 g/mol. The number of benzene rings is 1. The maximum Gasteiger partial charge on any atom is 0.0436 e. The molecule has 0 amide bonds. The van der Waals surface area contributed by atoms with Crippen molar-refractivity contribution < 1.29 is 0 Å². The first-order valence-electron chi connectivity index (χ1n) is 4.18. The van der Waals surface area contributed by atoms with Gasteiger partial charge in [-0.05, 0) is 30.7 Å². The molecule has 0 fully saturated rings. The molecule has 1 aromatic carbocycles. The number of hydrogen-bond acceptors (Lipinski definition) is 1. The van der Waals surface area contributed by atoms with E-state index in [-0.39, 0.29) is 0 Å². The lowest BCUT2D eigenvalue weighted by molar-refractivity contribution is 1.43. The van der Waals surface area contributed by atoms with Gasteiger partial charge in [0.1, 0.15) is 0 Å². The highest BCUT2D eigenvalue weighted by Crippen LogP contribution is 2.18. The van der Waals surface area contributed by atoms with Gasteiger partial charge in [0.15, 0.2) is 0 Å². The van der Waals surface area contributed by atoms with Crippen LogP contribution in [0.4, 0.5) is 5.69 Å². The quantitative estimate of drug-likeness (QED) is 0.704. The second kappa shape index (κ2) is 5.90. The molecule has 0 aliphatic carbocycles. The number of halogens is 1. The van der Waals surface area contributed by atoms with Crippen LogP contribution in [-0.2, 0) is 0 Å². The van der Waals surface area contributed by atoms with Crippen molar-refractivity contribution in [1.29, 1.82) is 0 Å². The third-order valence-electron chi connectivity index (χ3n) is 1.45. The van der Waals surface area contributed by atoms with Gasteiger partial charge in [-0.3, -0.25) is 0 Å². The van der Waals surface area contributed by atoms with Crippen molar-refractivity contribution in [2.24, 2.45) is 0 Å². The van der Waals surface area contributed by atoms with Gasteiger partial charge in [-0.25, -0.2) is 0 Å². The summed E-state index contributed by atoms with van der Waals surface area (Å²) in [6.07, 6.45) is 0. The van der Waals surface area contributed by atoms with E-state index in [1.54, 1.807) is 0 Å². The van der Waals surface area contributed by atoms with Gasteiger partial charge in [0.2, 0.25) is 0 Å². The number of hydrogen-bond donors (Lipinski definition) is 1. The standard InChI is InChI=1S/C8H10ClN.C2H6/c1-6-5-7(10-2)3-4-8(6)9;1-2/h3-5,10H,1-2H3;1-2H3. The van der Waals surface area contributed by atoms with Gasteiger partial charge in [-0.15, -0.1) is 0 Å². The van der Waals surface area contributed by atoms with Gasteiger partial charge >= 0.3 is 0 Å². The van der Waals surface area contributed by atoms with E-state index in [1.165, 1.54) is 0 Å². The second-order valence-electron chi connectivity index (χ2n) is 2.21. The van der Waals surface area contributed by atoms with Crippen molar-refractivity contribution >= 4 is 17.3 Å². The molecule has 0 spiro atoms. The molecular formula is C10H16ClN. The average Bonchev–Trinajstić information content (AvgIpc) is 2.13. The van der Waals surface area contributed by atoms with Crippen molar-refractivity contribution in [3.63, 3.8) is 0 Å². The second-order valence-corrected chi connectivity index (χ2v) is 2.62.